The Balaban J connectivity index is 1.69. The van der Waals surface area contributed by atoms with Crippen LogP contribution >= 0.6 is 23.2 Å². The third kappa shape index (κ3) is 4.59. The average molecular weight is 456 g/mol. The zero-order chi connectivity index (χ0) is 21.3. The smallest absolute Gasteiger partial charge is 0.244 e. The number of amides is 1. The quantitative estimate of drug-likeness (QED) is 0.430. The van der Waals surface area contributed by atoms with Crippen LogP contribution in [0.2, 0.25) is 10.0 Å². The number of hydrogen-bond donors (Lipinski definition) is 1. The van der Waals surface area contributed by atoms with Crippen LogP contribution in [0.1, 0.15) is 24.0 Å². The van der Waals surface area contributed by atoms with E-state index in [1.165, 1.54) is 10.4 Å². The number of benzene rings is 2. The van der Waals surface area contributed by atoms with Gasteiger partial charge in [0.15, 0.2) is 0 Å². The minimum Gasteiger partial charge on any atom is -0.273 e. The van der Waals surface area contributed by atoms with Crippen LogP contribution in [-0.4, -0.2) is 31.7 Å². The van der Waals surface area contributed by atoms with E-state index in [-0.39, 0.29) is 24.9 Å². The van der Waals surface area contributed by atoms with Gasteiger partial charge in [-0.3, -0.25) is 4.79 Å². The number of halogens is 2. The number of sulfonamides is 1. The molecule has 2 aromatic rings. The molecule has 0 aliphatic carbocycles. The molecule has 0 spiro atoms. The summed E-state index contributed by atoms with van der Waals surface area (Å²) in [4.78, 5) is 13.1. The maximum Gasteiger partial charge on any atom is 0.244 e. The second kappa shape index (κ2) is 8.62. The topological polar surface area (TPSA) is 83.7 Å². The number of rotatable bonds is 4. The van der Waals surface area contributed by atoms with E-state index in [9.17, 15) is 13.2 Å². The molecule has 1 aliphatic rings. The fourth-order valence-electron chi connectivity index (χ4n) is 3.53. The van der Waals surface area contributed by atoms with Gasteiger partial charge in [0.05, 0.1) is 20.6 Å². The Hall–Kier alpha value is -1.64. The maximum absolute atomic E-state index is 13.0. The highest BCUT2D eigenvalue weighted by Gasteiger charge is 2.34. The Morgan fingerprint density at radius 1 is 1.07 bits per heavy atom. The van der Waals surface area contributed by atoms with Gasteiger partial charge >= 0.3 is 0 Å². The number of carbonyl (C=O) groups excluding carboxylic acids is 1. The van der Waals surface area contributed by atoms with Crippen molar-refractivity contribution in [3.05, 3.63) is 57.6 Å². The van der Waals surface area contributed by atoms with Crippen molar-refractivity contribution in [2.24, 2.45) is 11.8 Å². The Bertz CT molecular complexity index is 1040. The van der Waals surface area contributed by atoms with E-state index in [1.807, 2.05) is 13.0 Å². The molecule has 9 heteroatoms. The molecule has 1 aliphatic heterocycles. The molecule has 1 fully saturated rings. The monoisotopic (exact) mass is 455 g/mol. The molecule has 0 saturated carbocycles. The lowest BCUT2D eigenvalue weighted by Crippen LogP contribution is -2.47. The maximum atomic E-state index is 13.0. The van der Waals surface area contributed by atoms with Gasteiger partial charge in [0.1, 0.15) is 0 Å². The van der Waals surface area contributed by atoms with Crippen molar-refractivity contribution >= 4 is 44.8 Å². The van der Waals surface area contributed by atoms with E-state index in [4.69, 9.17) is 29.0 Å². The molecule has 6 nitrogen and oxygen atoms in total. The summed E-state index contributed by atoms with van der Waals surface area (Å²) in [6.45, 7) is 4.25. The lowest BCUT2D eigenvalue weighted by Gasteiger charge is -2.32. The molecule has 156 valence electrons. The molecule has 1 heterocycles. The van der Waals surface area contributed by atoms with Crippen LogP contribution in [0.4, 0.5) is 5.69 Å². The number of piperidine rings is 1. The first-order valence-electron chi connectivity index (χ1n) is 9.22. The number of hydrogen-bond acceptors (Lipinski definition) is 4. The van der Waals surface area contributed by atoms with E-state index < -0.39 is 10.0 Å². The number of anilines is 1. The fraction of sp³-hybridized carbons (Fsp3) is 0.350. The molecule has 2 N–H and O–H groups in total. The van der Waals surface area contributed by atoms with Crippen molar-refractivity contribution in [1.82, 2.24) is 4.31 Å². The highest BCUT2D eigenvalue weighted by Crippen LogP contribution is 2.30. The second-order valence-electron chi connectivity index (χ2n) is 7.25. The lowest BCUT2D eigenvalue weighted by molar-refractivity contribution is -0.123. The Morgan fingerprint density at radius 2 is 1.72 bits per heavy atom. The van der Waals surface area contributed by atoms with Crippen molar-refractivity contribution in [3.63, 3.8) is 0 Å². The van der Waals surface area contributed by atoms with Gasteiger partial charge in [0.2, 0.25) is 15.9 Å². The molecule has 3 rings (SSSR count). The Morgan fingerprint density at radius 3 is 2.31 bits per heavy atom. The molecule has 0 bridgehead atoms. The summed E-state index contributed by atoms with van der Waals surface area (Å²) >= 11 is 11.9. The normalized spacial score (nSPS) is 16.0. The molecule has 2 aromatic carbocycles. The minimum absolute atomic E-state index is 0.265. The van der Waals surface area contributed by atoms with Gasteiger partial charge in [-0.25, -0.2) is 19.3 Å². The molecule has 1 amide bonds. The predicted octanol–water partition coefficient (Wildman–Crippen LogP) is 3.92. The first-order valence-corrected chi connectivity index (χ1v) is 11.4. The van der Waals surface area contributed by atoms with Crippen LogP contribution in [0.25, 0.3) is 0 Å². The molecule has 0 atom stereocenters. The third-order valence-corrected chi connectivity index (χ3v) is 7.97. The minimum atomic E-state index is -3.60. The van der Waals surface area contributed by atoms with Gasteiger partial charge in [0, 0.05) is 19.0 Å². The van der Waals surface area contributed by atoms with Crippen molar-refractivity contribution in [2.45, 2.75) is 31.6 Å². The molecular weight excluding hydrogens is 433 g/mol. The number of hydrazine groups is 1. The average Bonchev–Trinajstić information content (AvgIpc) is 2.68. The Labute approximate surface area is 181 Å². The Kier molecular flexibility index (Phi) is 6.55. The second-order valence-corrected chi connectivity index (χ2v) is 9.97. The largest absolute Gasteiger partial charge is 0.273 e. The summed E-state index contributed by atoms with van der Waals surface area (Å²) in [6, 6.07) is 10.0. The highest BCUT2D eigenvalue weighted by molar-refractivity contribution is 7.89. The first-order chi connectivity index (χ1) is 13.6. The van der Waals surface area contributed by atoms with Crippen LogP contribution in [0.5, 0.6) is 0 Å². The van der Waals surface area contributed by atoms with Crippen molar-refractivity contribution in [2.75, 3.05) is 18.1 Å². The fourth-order valence-corrected chi connectivity index (χ4v) is 5.50. The molecule has 0 radical (unpaired) electrons. The van der Waals surface area contributed by atoms with Crippen molar-refractivity contribution in [1.29, 1.82) is 0 Å². The van der Waals surface area contributed by atoms with Gasteiger partial charge in [-0.2, -0.15) is 4.31 Å². The van der Waals surface area contributed by atoms with E-state index in [1.54, 1.807) is 31.2 Å². The summed E-state index contributed by atoms with van der Waals surface area (Å²) < 4.78 is 27.4. The number of aryl methyl sites for hydroxylation is 2. The summed E-state index contributed by atoms with van der Waals surface area (Å²) in [5.74, 6) is 5.35. The van der Waals surface area contributed by atoms with Crippen molar-refractivity contribution < 1.29 is 13.2 Å². The zero-order valence-electron chi connectivity index (χ0n) is 16.2. The summed E-state index contributed by atoms with van der Waals surface area (Å²) in [5.41, 5.74) is 2.17. The lowest BCUT2D eigenvalue weighted by atomic mass is 9.97. The third-order valence-electron chi connectivity index (χ3n) is 5.17. The van der Waals surface area contributed by atoms with Gasteiger partial charge in [-0.1, -0.05) is 40.9 Å². The molecule has 1 saturated heterocycles. The summed E-state index contributed by atoms with van der Waals surface area (Å²) in [5, 5.41) is 1.74. The van der Waals surface area contributed by atoms with Crippen LogP contribution in [0, 0.1) is 19.8 Å². The van der Waals surface area contributed by atoms with Crippen LogP contribution in [0.3, 0.4) is 0 Å². The molecule has 29 heavy (non-hydrogen) atoms. The summed E-state index contributed by atoms with van der Waals surface area (Å²) in [7, 11) is -3.60. The molecular formula is C20H23Cl2N3O3S. The standard InChI is InChI=1S/C20H23Cl2N3O3S/c1-13-3-6-19(14(2)11-13)29(27,28)24-9-7-15(8-10-24)20(26)25(23)16-4-5-17(21)18(22)12-16/h3-6,11-12,15H,7-10,23H2,1-2H3. The molecule has 0 unspecified atom stereocenters. The van der Waals surface area contributed by atoms with Gasteiger partial charge in [-0.05, 0) is 56.5 Å². The SMILES string of the molecule is Cc1ccc(S(=O)(=O)N2CCC(C(=O)N(N)c3ccc(Cl)c(Cl)c3)CC2)c(C)c1. The van der Waals surface area contributed by atoms with E-state index >= 15 is 0 Å². The summed E-state index contributed by atoms with van der Waals surface area (Å²) in [6.07, 6.45) is 0.802. The van der Waals surface area contributed by atoms with Gasteiger partial charge in [-0.15, -0.1) is 0 Å². The zero-order valence-corrected chi connectivity index (χ0v) is 18.6. The van der Waals surface area contributed by atoms with E-state index in [0.29, 0.717) is 33.5 Å². The van der Waals surface area contributed by atoms with Crippen LogP contribution in [0.15, 0.2) is 41.3 Å². The van der Waals surface area contributed by atoms with Crippen LogP contribution < -0.4 is 10.9 Å². The van der Waals surface area contributed by atoms with Crippen molar-refractivity contribution in [3.8, 4) is 0 Å². The number of nitrogens with zero attached hydrogens (tertiary/aromatic N) is 2. The first kappa shape index (κ1) is 22.1. The van der Waals surface area contributed by atoms with Gasteiger partial charge in [0.25, 0.3) is 0 Å². The predicted molar refractivity (Wildman–Crippen MR) is 116 cm³/mol. The van der Waals surface area contributed by atoms with E-state index in [0.717, 1.165) is 16.1 Å². The van der Waals surface area contributed by atoms with E-state index in [2.05, 4.69) is 0 Å². The van der Waals surface area contributed by atoms with Crippen LogP contribution in [-0.2, 0) is 14.8 Å². The van der Waals surface area contributed by atoms with Gasteiger partial charge < -0.3 is 0 Å². The number of nitrogens with two attached hydrogens (primary N) is 1. The molecule has 0 aromatic heterocycles. The highest BCUT2D eigenvalue weighted by atomic mass is 35.5. The number of carbonyl (C=O) groups is 1.